The lowest BCUT2D eigenvalue weighted by atomic mass is 10.3. The van der Waals surface area contributed by atoms with Gasteiger partial charge in [0.25, 0.3) is 0 Å². The minimum Gasteiger partial charge on any atom is -0.396 e. The van der Waals surface area contributed by atoms with Gasteiger partial charge in [-0.25, -0.2) is 4.98 Å². The summed E-state index contributed by atoms with van der Waals surface area (Å²) in [4.78, 5) is 8.27. The Labute approximate surface area is 107 Å². The number of pyridine rings is 1. The van der Waals surface area contributed by atoms with Crippen molar-refractivity contribution in [3.8, 4) is 0 Å². The Kier molecular flexibility index (Phi) is 3.58. The molecule has 0 aliphatic carbocycles. The van der Waals surface area contributed by atoms with Gasteiger partial charge in [-0.05, 0) is 22.0 Å². The maximum atomic E-state index is 5.80. The van der Waals surface area contributed by atoms with Crippen molar-refractivity contribution < 1.29 is 4.52 Å². The highest BCUT2D eigenvalue weighted by atomic mass is 79.9. The first kappa shape index (κ1) is 11.8. The summed E-state index contributed by atoms with van der Waals surface area (Å²) in [7, 11) is 0. The van der Waals surface area contributed by atoms with Crippen LogP contribution < -0.4 is 11.1 Å². The fraction of sp³-hybridized carbons (Fsp3) is 0.300. The van der Waals surface area contributed by atoms with E-state index in [4.69, 9.17) is 10.3 Å². The zero-order valence-electron chi connectivity index (χ0n) is 9.27. The third-order valence-corrected chi connectivity index (χ3v) is 2.53. The Balaban J connectivity index is 1.90. The summed E-state index contributed by atoms with van der Waals surface area (Å²) < 4.78 is 5.73. The van der Waals surface area contributed by atoms with Gasteiger partial charge in [0.1, 0.15) is 5.82 Å². The topological polar surface area (TPSA) is 89.9 Å². The third-order valence-electron chi connectivity index (χ3n) is 2.09. The van der Waals surface area contributed by atoms with Gasteiger partial charge in [0, 0.05) is 30.6 Å². The zero-order valence-corrected chi connectivity index (χ0v) is 10.9. The Morgan fingerprint density at radius 2 is 2.35 bits per heavy atom. The summed E-state index contributed by atoms with van der Waals surface area (Å²) in [6.45, 7) is 2.41. The van der Waals surface area contributed by atoms with E-state index < -0.39 is 0 Å². The van der Waals surface area contributed by atoms with Crippen LogP contribution in [0.25, 0.3) is 0 Å². The predicted molar refractivity (Wildman–Crippen MR) is 67.6 cm³/mol. The highest BCUT2D eigenvalue weighted by Crippen LogP contribution is 2.19. The fourth-order valence-electron chi connectivity index (χ4n) is 1.34. The van der Waals surface area contributed by atoms with Crippen LogP contribution in [0.2, 0.25) is 0 Å². The summed E-state index contributed by atoms with van der Waals surface area (Å²) in [5, 5.41) is 6.92. The summed E-state index contributed by atoms with van der Waals surface area (Å²) in [5.41, 5.74) is 6.40. The monoisotopic (exact) mass is 297 g/mol. The van der Waals surface area contributed by atoms with Crippen LogP contribution in [0.4, 0.5) is 11.5 Å². The van der Waals surface area contributed by atoms with Crippen molar-refractivity contribution in [2.24, 2.45) is 0 Å². The van der Waals surface area contributed by atoms with Crippen molar-refractivity contribution >= 4 is 27.4 Å². The molecule has 0 amide bonds. The van der Waals surface area contributed by atoms with Crippen molar-refractivity contribution in [2.45, 2.75) is 13.3 Å². The van der Waals surface area contributed by atoms with Gasteiger partial charge >= 0.3 is 0 Å². The van der Waals surface area contributed by atoms with E-state index in [2.05, 4.69) is 36.4 Å². The van der Waals surface area contributed by atoms with Crippen molar-refractivity contribution in [2.75, 3.05) is 17.6 Å². The van der Waals surface area contributed by atoms with E-state index in [0.717, 1.165) is 4.47 Å². The van der Waals surface area contributed by atoms with Gasteiger partial charge in [-0.15, -0.1) is 0 Å². The molecule has 0 radical (unpaired) electrons. The van der Waals surface area contributed by atoms with Crippen LogP contribution in [0.1, 0.15) is 11.7 Å². The molecule has 7 heteroatoms. The lowest BCUT2D eigenvalue weighted by Crippen LogP contribution is -2.09. The zero-order chi connectivity index (χ0) is 12.3. The van der Waals surface area contributed by atoms with Crippen LogP contribution in [-0.4, -0.2) is 21.7 Å². The number of nitrogens with one attached hydrogen (secondary N) is 1. The van der Waals surface area contributed by atoms with E-state index in [1.54, 1.807) is 19.2 Å². The molecule has 17 heavy (non-hydrogen) atoms. The first-order chi connectivity index (χ1) is 8.15. The molecular formula is C10H12BrN5O. The van der Waals surface area contributed by atoms with Gasteiger partial charge in [0.05, 0.1) is 5.69 Å². The lowest BCUT2D eigenvalue weighted by molar-refractivity contribution is 0.387. The molecule has 0 bridgehead atoms. The van der Waals surface area contributed by atoms with Gasteiger partial charge in [0.2, 0.25) is 5.89 Å². The van der Waals surface area contributed by atoms with Gasteiger partial charge in [0.15, 0.2) is 5.82 Å². The van der Waals surface area contributed by atoms with E-state index >= 15 is 0 Å². The molecule has 0 aliphatic heterocycles. The number of rotatable bonds is 4. The Morgan fingerprint density at radius 3 is 3.00 bits per heavy atom. The minimum atomic E-state index is 0.571. The van der Waals surface area contributed by atoms with E-state index in [0.29, 0.717) is 36.2 Å². The Hall–Kier alpha value is -1.63. The molecule has 0 fully saturated rings. The molecule has 2 aromatic heterocycles. The maximum absolute atomic E-state index is 5.80. The quantitative estimate of drug-likeness (QED) is 0.894. The molecule has 0 saturated heterocycles. The number of nitrogens with zero attached hydrogens (tertiary/aromatic N) is 3. The maximum Gasteiger partial charge on any atom is 0.223 e. The predicted octanol–water partition coefficient (Wildman–Crippen LogP) is 1.77. The molecule has 0 unspecified atom stereocenters. The molecule has 2 heterocycles. The van der Waals surface area contributed by atoms with Gasteiger partial charge in [-0.3, -0.25) is 0 Å². The largest absolute Gasteiger partial charge is 0.396 e. The molecule has 0 spiro atoms. The number of aryl methyl sites for hydroxylation is 1. The van der Waals surface area contributed by atoms with Crippen LogP contribution in [0, 0.1) is 6.92 Å². The van der Waals surface area contributed by atoms with Gasteiger partial charge in [-0.2, -0.15) is 4.98 Å². The van der Waals surface area contributed by atoms with Crippen LogP contribution in [0.5, 0.6) is 0 Å². The number of hydrogen-bond donors (Lipinski definition) is 2. The number of hydrogen-bond acceptors (Lipinski definition) is 6. The van der Waals surface area contributed by atoms with Crippen LogP contribution in [0.3, 0.4) is 0 Å². The second-order valence-corrected chi connectivity index (χ2v) is 4.41. The lowest BCUT2D eigenvalue weighted by Gasteiger charge is -2.06. The Bertz CT molecular complexity index is 513. The summed E-state index contributed by atoms with van der Waals surface area (Å²) in [5.74, 6) is 1.90. The molecular weight excluding hydrogens is 286 g/mol. The summed E-state index contributed by atoms with van der Waals surface area (Å²) in [6.07, 6.45) is 2.35. The average molecular weight is 298 g/mol. The van der Waals surface area contributed by atoms with E-state index in [1.807, 2.05) is 0 Å². The Morgan fingerprint density at radius 1 is 1.53 bits per heavy atom. The number of nitrogen functional groups attached to an aromatic ring is 1. The number of aromatic nitrogens is 3. The molecule has 6 nitrogen and oxygen atoms in total. The molecule has 0 atom stereocenters. The van der Waals surface area contributed by atoms with Crippen molar-refractivity contribution in [1.82, 2.24) is 15.1 Å². The first-order valence-electron chi connectivity index (χ1n) is 5.09. The van der Waals surface area contributed by atoms with E-state index in [9.17, 15) is 0 Å². The molecule has 0 saturated carbocycles. The van der Waals surface area contributed by atoms with Crippen molar-refractivity contribution in [3.63, 3.8) is 0 Å². The molecule has 0 aliphatic rings. The molecule has 3 N–H and O–H groups in total. The molecule has 2 rings (SSSR count). The second kappa shape index (κ2) is 5.13. The SMILES string of the molecule is Cc1nc(CCNc2ncc(Br)cc2N)no1. The summed E-state index contributed by atoms with van der Waals surface area (Å²) >= 11 is 3.30. The fourth-order valence-corrected chi connectivity index (χ4v) is 1.69. The summed E-state index contributed by atoms with van der Waals surface area (Å²) in [6, 6.07) is 1.80. The van der Waals surface area contributed by atoms with E-state index in [1.165, 1.54) is 0 Å². The number of nitrogens with two attached hydrogens (primary N) is 1. The van der Waals surface area contributed by atoms with Crippen molar-refractivity contribution in [1.29, 1.82) is 0 Å². The van der Waals surface area contributed by atoms with Gasteiger partial charge in [-0.1, -0.05) is 5.16 Å². The highest BCUT2D eigenvalue weighted by Gasteiger charge is 2.04. The van der Waals surface area contributed by atoms with Crippen molar-refractivity contribution in [3.05, 3.63) is 28.5 Å². The normalized spacial score (nSPS) is 10.5. The molecule has 2 aromatic rings. The van der Waals surface area contributed by atoms with Crippen LogP contribution in [0.15, 0.2) is 21.3 Å². The van der Waals surface area contributed by atoms with Gasteiger partial charge < -0.3 is 15.6 Å². The van der Waals surface area contributed by atoms with Crippen LogP contribution >= 0.6 is 15.9 Å². The third kappa shape index (κ3) is 3.16. The smallest absolute Gasteiger partial charge is 0.223 e. The second-order valence-electron chi connectivity index (χ2n) is 3.50. The molecule has 0 aromatic carbocycles. The first-order valence-corrected chi connectivity index (χ1v) is 5.88. The molecule has 90 valence electrons. The average Bonchev–Trinajstić information content (AvgIpc) is 2.68. The highest BCUT2D eigenvalue weighted by molar-refractivity contribution is 9.10. The number of anilines is 2. The number of halogens is 1. The minimum absolute atomic E-state index is 0.571. The van der Waals surface area contributed by atoms with Crippen LogP contribution in [-0.2, 0) is 6.42 Å². The van der Waals surface area contributed by atoms with E-state index in [-0.39, 0.29) is 0 Å². The standard InChI is InChI=1S/C10H12BrN5O/c1-6-15-9(16-17-6)2-3-13-10-8(12)4-7(11)5-14-10/h4-5H,2-3,12H2,1H3,(H,13,14).